The van der Waals surface area contributed by atoms with Gasteiger partial charge in [-0.2, -0.15) is 0 Å². The lowest BCUT2D eigenvalue weighted by atomic mass is 9.96. The van der Waals surface area contributed by atoms with Crippen LogP contribution in [-0.4, -0.2) is 82.0 Å². The molecule has 2 aliphatic heterocycles. The van der Waals surface area contributed by atoms with E-state index in [1.807, 2.05) is 0 Å². The van der Waals surface area contributed by atoms with Crippen LogP contribution in [0.15, 0.2) is 35.3 Å². The highest BCUT2D eigenvalue weighted by Gasteiger charge is 2.27. The van der Waals surface area contributed by atoms with E-state index in [0.717, 1.165) is 64.2 Å². The van der Waals surface area contributed by atoms with Crippen LogP contribution in [0.4, 0.5) is 0 Å². The molecule has 31 heavy (non-hydrogen) atoms. The third-order valence-electron chi connectivity index (χ3n) is 6.56. The van der Waals surface area contributed by atoms with Crippen molar-refractivity contribution in [3.05, 3.63) is 35.9 Å². The van der Waals surface area contributed by atoms with Gasteiger partial charge in [-0.1, -0.05) is 37.3 Å². The Hall–Kier alpha value is -1.63. The van der Waals surface area contributed by atoms with Crippen molar-refractivity contribution in [1.82, 2.24) is 15.1 Å². The molecular weight excluding hydrogens is 388 g/mol. The number of hydrogen-bond acceptors (Lipinski definition) is 4. The molecule has 1 N–H and O–H groups in total. The van der Waals surface area contributed by atoms with E-state index >= 15 is 0 Å². The molecule has 2 saturated heterocycles. The Labute approximate surface area is 189 Å². The van der Waals surface area contributed by atoms with Gasteiger partial charge in [0.1, 0.15) is 0 Å². The van der Waals surface area contributed by atoms with Crippen molar-refractivity contribution >= 4 is 5.96 Å². The van der Waals surface area contributed by atoms with Crippen LogP contribution in [0.5, 0.6) is 0 Å². The number of piperidine rings is 1. The van der Waals surface area contributed by atoms with Crippen LogP contribution in [-0.2, 0) is 9.47 Å². The van der Waals surface area contributed by atoms with Gasteiger partial charge in [-0.05, 0) is 50.8 Å². The van der Waals surface area contributed by atoms with Crippen molar-refractivity contribution in [2.24, 2.45) is 16.8 Å². The molecule has 0 bridgehead atoms. The number of likely N-dealkylation sites (tertiary alicyclic amines) is 2. The van der Waals surface area contributed by atoms with Gasteiger partial charge in [-0.25, -0.2) is 0 Å². The minimum absolute atomic E-state index is 0.345. The number of nitrogens with one attached hydrogen (secondary N) is 1. The first kappa shape index (κ1) is 24.0. The number of rotatable bonds is 10. The molecule has 2 heterocycles. The van der Waals surface area contributed by atoms with Gasteiger partial charge in [0.25, 0.3) is 0 Å². The summed E-state index contributed by atoms with van der Waals surface area (Å²) in [5.41, 5.74) is 1.38. The number of benzene rings is 1. The average molecular weight is 431 g/mol. The van der Waals surface area contributed by atoms with E-state index in [2.05, 4.69) is 59.3 Å². The third kappa shape index (κ3) is 7.48. The summed E-state index contributed by atoms with van der Waals surface area (Å²) in [5, 5.41) is 3.53. The van der Waals surface area contributed by atoms with Gasteiger partial charge in [0.05, 0.1) is 32.4 Å². The Kier molecular flexibility index (Phi) is 10.1. The van der Waals surface area contributed by atoms with Gasteiger partial charge >= 0.3 is 0 Å². The molecule has 0 aliphatic carbocycles. The lowest BCUT2D eigenvalue weighted by Gasteiger charge is -2.36. The summed E-state index contributed by atoms with van der Waals surface area (Å²) >= 11 is 0. The van der Waals surface area contributed by atoms with Gasteiger partial charge in [0.2, 0.25) is 0 Å². The van der Waals surface area contributed by atoms with Crippen molar-refractivity contribution in [2.45, 2.75) is 39.2 Å². The summed E-state index contributed by atoms with van der Waals surface area (Å²) in [6.07, 6.45) is 3.72. The van der Waals surface area contributed by atoms with Crippen LogP contribution in [0, 0.1) is 11.8 Å². The fraction of sp³-hybridized carbons (Fsp3) is 0.720. The molecule has 0 spiro atoms. The molecule has 0 radical (unpaired) electrons. The summed E-state index contributed by atoms with van der Waals surface area (Å²) in [4.78, 5) is 10.2. The van der Waals surface area contributed by atoms with Crippen LogP contribution in [0.3, 0.4) is 0 Å². The minimum atomic E-state index is 0.345. The van der Waals surface area contributed by atoms with Crippen LogP contribution in [0.2, 0.25) is 0 Å². The van der Waals surface area contributed by atoms with E-state index in [4.69, 9.17) is 14.5 Å². The fourth-order valence-electron chi connectivity index (χ4n) is 4.60. The van der Waals surface area contributed by atoms with Crippen molar-refractivity contribution in [2.75, 3.05) is 66.2 Å². The molecule has 2 fully saturated rings. The highest BCUT2D eigenvalue weighted by molar-refractivity contribution is 5.80. The molecular formula is C25H42N4O2. The van der Waals surface area contributed by atoms with Gasteiger partial charge in [0.15, 0.2) is 5.96 Å². The Balaban J connectivity index is 1.63. The van der Waals surface area contributed by atoms with Crippen LogP contribution >= 0.6 is 0 Å². The number of methoxy groups -OCH3 is 1. The van der Waals surface area contributed by atoms with Gasteiger partial charge in [-0.3, -0.25) is 9.89 Å². The van der Waals surface area contributed by atoms with E-state index in [9.17, 15) is 0 Å². The molecule has 6 heteroatoms. The molecule has 174 valence electrons. The second-order valence-electron chi connectivity index (χ2n) is 9.01. The maximum Gasteiger partial charge on any atom is 0.193 e. The highest BCUT2D eigenvalue weighted by atomic mass is 16.5. The first-order valence-corrected chi connectivity index (χ1v) is 12.1. The van der Waals surface area contributed by atoms with E-state index in [-0.39, 0.29) is 0 Å². The Morgan fingerprint density at radius 1 is 1.13 bits per heavy atom. The summed E-state index contributed by atoms with van der Waals surface area (Å²) in [6.45, 7) is 12.7. The van der Waals surface area contributed by atoms with Crippen LogP contribution < -0.4 is 5.32 Å². The van der Waals surface area contributed by atoms with Crippen molar-refractivity contribution < 1.29 is 9.47 Å². The van der Waals surface area contributed by atoms with Crippen molar-refractivity contribution in [3.8, 4) is 0 Å². The predicted octanol–water partition coefficient (Wildman–Crippen LogP) is 3.41. The Morgan fingerprint density at radius 3 is 2.61 bits per heavy atom. The van der Waals surface area contributed by atoms with Gasteiger partial charge in [0, 0.05) is 32.7 Å². The number of hydrogen-bond donors (Lipinski definition) is 1. The zero-order valence-electron chi connectivity index (χ0n) is 19.8. The number of aliphatic imine (C=N–C) groups is 1. The second kappa shape index (κ2) is 13.0. The summed E-state index contributed by atoms with van der Waals surface area (Å²) in [6, 6.07) is 11.3. The first-order valence-electron chi connectivity index (χ1n) is 12.1. The fourth-order valence-corrected chi connectivity index (χ4v) is 4.60. The summed E-state index contributed by atoms with van der Waals surface area (Å²) in [5.74, 6) is 2.45. The van der Waals surface area contributed by atoms with E-state index in [0.29, 0.717) is 25.2 Å². The van der Waals surface area contributed by atoms with E-state index in [1.165, 1.54) is 18.4 Å². The van der Waals surface area contributed by atoms with Crippen molar-refractivity contribution in [1.29, 1.82) is 0 Å². The molecule has 2 aliphatic rings. The van der Waals surface area contributed by atoms with Crippen LogP contribution in [0.25, 0.3) is 0 Å². The molecule has 0 amide bonds. The number of guanidine groups is 1. The number of ether oxygens (including phenoxy) is 2. The molecule has 0 saturated carbocycles. The Bertz CT molecular complexity index is 646. The van der Waals surface area contributed by atoms with Crippen molar-refractivity contribution in [3.63, 3.8) is 0 Å². The average Bonchev–Trinajstić information content (AvgIpc) is 3.27. The molecule has 1 aromatic rings. The first-order chi connectivity index (χ1) is 15.2. The standard InChI is InChI=1S/C25H42N4O2/c1-4-26-25(29-15-12-22(19-29)20-31-17-16-30-3)27-18-24(23-8-6-5-7-9-23)28-13-10-21(2)11-14-28/h5-9,21-22,24H,4,10-20H2,1-3H3,(H,26,27). The van der Waals surface area contributed by atoms with E-state index in [1.54, 1.807) is 7.11 Å². The predicted molar refractivity (Wildman–Crippen MR) is 128 cm³/mol. The monoisotopic (exact) mass is 430 g/mol. The molecule has 3 rings (SSSR count). The largest absolute Gasteiger partial charge is 0.382 e. The third-order valence-corrected chi connectivity index (χ3v) is 6.56. The lowest BCUT2D eigenvalue weighted by Crippen LogP contribution is -2.42. The normalized spacial score (nSPS) is 22.1. The SMILES string of the molecule is CCNC(=NCC(c1ccccc1)N1CCC(C)CC1)N1CCC(COCCOC)C1. The zero-order chi connectivity index (χ0) is 21.9. The van der Waals surface area contributed by atoms with Crippen LogP contribution in [0.1, 0.15) is 44.7 Å². The molecule has 2 atom stereocenters. The quantitative estimate of drug-likeness (QED) is 0.350. The van der Waals surface area contributed by atoms with Gasteiger partial charge < -0.3 is 19.7 Å². The summed E-state index contributed by atoms with van der Waals surface area (Å²) < 4.78 is 10.8. The molecule has 1 aromatic carbocycles. The van der Waals surface area contributed by atoms with Gasteiger partial charge in [-0.15, -0.1) is 0 Å². The smallest absolute Gasteiger partial charge is 0.193 e. The Morgan fingerprint density at radius 2 is 1.90 bits per heavy atom. The van der Waals surface area contributed by atoms with E-state index < -0.39 is 0 Å². The maximum absolute atomic E-state index is 5.77. The zero-order valence-corrected chi connectivity index (χ0v) is 19.8. The molecule has 6 nitrogen and oxygen atoms in total. The molecule has 0 aromatic heterocycles. The topological polar surface area (TPSA) is 49.3 Å². The maximum atomic E-state index is 5.77. The highest BCUT2D eigenvalue weighted by Crippen LogP contribution is 2.27. The second-order valence-corrected chi connectivity index (χ2v) is 9.01. The minimum Gasteiger partial charge on any atom is -0.382 e. The lowest BCUT2D eigenvalue weighted by molar-refractivity contribution is 0.0536. The molecule has 2 unspecified atom stereocenters. The number of nitrogens with zero attached hydrogens (tertiary/aromatic N) is 3. The summed E-state index contributed by atoms with van der Waals surface area (Å²) in [7, 11) is 1.72.